The van der Waals surface area contributed by atoms with Crippen molar-refractivity contribution in [3.63, 3.8) is 0 Å². The number of methoxy groups -OCH3 is 1. The van der Waals surface area contributed by atoms with E-state index in [0.717, 1.165) is 12.1 Å². The molecule has 0 unspecified atom stereocenters. The summed E-state index contributed by atoms with van der Waals surface area (Å²) in [6.45, 7) is 6.61. The molecule has 62 valence electrons. The van der Waals surface area contributed by atoms with Crippen LogP contribution in [0.2, 0.25) is 0 Å². The van der Waals surface area contributed by atoms with Crippen molar-refractivity contribution >= 4 is 5.69 Å². The fourth-order valence-electron chi connectivity index (χ4n) is 0.769. The lowest BCUT2D eigenvalue weighted by Crippen LogP contribution is -1.88. The van der Waals surface area contributed by atoms with E-state index in [-0.39, 0.29) is 11.4 Å². The van der Waals surface area contributed by atoms with Gasteiger partial charge in [-0.05, 0) is 6.07 Å². The molecule has 0 radical (unpaired) electrons. The van der Waals surface area contributed by atoms with E-state index in [1.54, 1.807) is 0 Å². The Morgan fingerprint density at radius 1 is 1.33 bits per heavy atom. The standard InChI is InChI=1S/C8H5F2NO/c1-11-7-3-5(9)6(10)4-8(7)12-2/h3-4H,2H3. The zero-order valence-electron chi connectivity index (χ0n) is 6.27. The van der Waals surface area contributed by atoms with Gasteiger partial charge in [0.1, 0.15) is 11.6 Å². The minimum atomic E-state index is -1.04. The van der Waals surface area contributed by atoms with Gasteiger partial charge in [0.05, 0.1) is 13.7 Å². The highest BCUT2D eigenvalue weighted by atomic mass is 19.2. The number of ether oxygens (including phenoxy) is 1. The molecule has 0 saturated carbocycles. The van der Waals surface area contributed by atoms with Crippen LogP contribution in [0.15, 0.2) is 12.1 Å². The first-order valence-corrected chi connectivity index (χ1v) is 3.09. The smallest absolute Gasteiger partial charge is 0.231 e. The molecule has 1 aromatic carbocycles. The van der Waals surface area contributed by atoms with Gasteiger partial charge in [0, 0.05) is 6.07 Å². The Kier molecular flexibility index (Phi) is 2.24. The van der Waals surface area contributed by atoms with Crippen molar-refractivity contribution in [1.82, 2.24) is 0 Å². The van der Waals surface area contributed by atoms with Crippen molar-refractivity contribution in [2.75, 3.05) is 7.11 Å². The van der Waals surface area contributed by atoms with Crippen LogP contribution in [0.5, 0.6) is 5.75 Å². The number of rotatable bonds is 1. The van der Waals surface area contributed by atoms with E-state index >= 15 is 0 Å². The summed E-state index contributed by atoms with van der Waals surface area (Å²) in [6.07, 6.45) is 0. The quantitative estimate of drug-likeness (QED) is 0.589. The predicted octanol–water partition coefficient (Wildman–Crippen LogP) is 2.52. The first kappa shape index (κ1) is 8.47. The van der Waals surface area contributed by atoms with Crippen LogP contribution in [0.25, 0.3) is 4.85 Å². The van der Waals surface area contributed by atoms with Crippen molar-refractivity contribution in [2.24, 2.45) is 0 Å². The van der Waals surface area contributed by atoms with E-state index in [4.69, 9.17) is 6.57 Å². The van der Waals surface area contributed by atoms with Gasteiger partial charge in [0.2, 0.25) is 5.69 Å². The number of halogens is 2. The second-order valence-electron chi connectivity index (χ2n) is 2.05. The molecule has 1 rings (SSSR count). The average Bonchev–Trinajstić information content (AvgIpc) is 2.09. The molecule has 2 nitrogen and oxygen atoms in total. The minimum absolute atomic E-state index is 0.0311. The molecule has 0 spiro atoms. The van der Waals surface area contributed by atoms with Crippen molar-refractivity contribution in [2.45, 2.75) is 0 Å². The van der Waals surface area contributed by atoms with Crippen LogP contribution >= 0.6 is 0 Å². The van der Waals surface area contributed by atoms with E-state index in [2.05, 4.69) is 9.58 Å². The maximum absolute atomic E-state index is 12.5. The van der Waals surface area contributed by atoms with Gasteiger partial charge in [-0.15, -0.1) is 0 Å². The molecule has 0 aliphatic carbocycles. The Hall–Kier alpha value is -1.63. The summed E-state index contributed by atoms with van der Waals surface area (Å²) in [5.74, 6) is -2.01. The lowest BCUT2D eigenvalue weighted by atomic mass is 10.3. The summed E-state index contributed by atoms with van der Waals surface area (Å²) in [7, 11) is 1.29. The summed E-state index contributed by atoms with van der Waals surface area (Å²) in [4.78, 5) is 2.96. The third-order valence-corrected chi connectivity index (χ3v) is 1.34. The molecule has 0 aliphatic rings. The Bertz CT molecular complexity index is 344. The first-order valence-electron chi connectivity index (χ1n) is 3.09. The Labute approximate surface area is 68.2 Å². The molecule has 0 amide bonds. The fraction of sp³-hybridized carbons (Fsp3) is 0.125. The van der Waals surface area contributed by atoms with Crippen molar-refractivity contribution in [3.8, 4) is 5.75 Å². The molecule has 4 heteroatoms. The lowest BCUT2D eigenvalue weighted by Gasteiger charge is -2.02. The van der Waals surface area contributed by atoms with E-state index in [1.165, 1.54) is 7.11 Å². The van der Waals surface area contributed by atoms with Crippen molar-refractivity contribution < 1.29 is 13.5 Å². The molecule has 0 saturated heterocycles. The topological polar surface area (TPSA) is 13.6 Å². The van der Waals surface area contributed by atoms with Gasteiger partial charge in [-0.3, -0.25) is 0 Å². The van der Waals surface area contributed by atoms with E-state index in [0.29, 0.717) is 0 Å². The Morgan fingerprint density at radius 2 is 1.92 bits per heavy atom. The molecule has 0 aliphatic heterocycles. The van der Waals surface area contributed by atoms with Crippen LogP contribution in [0.1, 0.15) is 0 Å². The normalized spacial score (nSPS) is 9.17. The predicted molar refractivity (Wildman–Crippen MR) is 39.2 cm³/mol. The molecule has 1 aromatic rings. The van der Waals surface area contributed by atoms with Gasteiger partial charge in [-0.2, -0.15) is 0 Å². The summed E-state index contributed by atoms with van der Waals surface area (Å²) in [5, 5.41) is 0. The lowest BCUT2D eigenvalue weighted by molar-refractivity contribution is 0.409. The SMILES string of the molecule is [C-]#[N+]c1cc(F)c(F)cc1OC. The summed E-state index contributed by atoms with van der Waals surface area (Å²) >= 11 is 0. The van der Waals surface area contributed by atoms with Gasteiger partial charge < -0.3 is 4.74 Å². The number of benzene rings is 1. The number of nitrogens with zero attached hydrogens (tertiary/aromatic N) is 1. The molecule has 0 heterocycles. The monoisotopic (exact) mass is 169 g/mol. The molecule has 0 N–H and O–H groups in total. The largest absolute Gasteiger partial charge is 0.508 e. The summed E-state index contributed by atoms with van der Waals surface area (Å²) in [6, 6.07) is 1.66. The van der Waals surface area contributed by atoms with Crippen LogP contribution in [-0.2, 0) is 0 Å². The summed E-state index contributed by atoms with van der Waals surface area (Å²) < 4.78 is 29.7. The van der Waals surface area contributed by atoms with Crippen LogP contribution in [0, 0.1) is 18.2 Å². The third-order valence-electron chi connectivity index (χ3n) is 1.34. The highest BCUT2D eigenvalue weighted by Gasteiger charge is 2.09. The fourth-order valence-corrected chi connectivity index (χ4v) is 0.769. The molecule has 0 atom stereocenters. The van der Waals surface area contributed by atoms with Crippen LogP contribution in [0.3, 0.4) is 0 Å². The van der Waals surface area contributed by atoms with Crippen LogP contribution in [0.4, 0.5) is 14.5 Å². The highest BCUT2D eigenvalue weighted by molar-refractivity contribution is 5.57. The van der Waals surface area contributed by atoms with Crippen LogP contribution in [-0.4, -0.2) is 7.11 Å². The first-order chi connectivity index (χ1) is 5.69. The molecule has 0 fully saturated rings. The Morgan fingerprint density at radius 3 is 2.42 bits per heavy atom. The second-order valence-corrected chi connectivity index (χ2v) is 2.05. The minimum Gasteiger partial charge on any atom is -0.508 e. The van der Waals surface area contributed by atoms with Gasteiger partial charge in [-0.25, -0.2) is 13.6 Å². The molecular weight excluding hydrogens is 164 g/mol. The van der Waals surface area contributed by atoms with Gasteiger partial charge >= 0.3 is 0 Å². The highest BCUT2D eigenvalue weighted by Crippen LogP contribution is 2.29. The Balaban J connectivity index is 3.31. The van der Waals surface area contributed by atoms with E-state index in [1.807, 2.05) is 0 Å². The molecule has 12 heavy (non-hydrogen) atoms. The van der Waals surface area contributed by atoms with E-state index in [9.17, 15) is 8.78 Å². The molecule has 0 aromatic heterocycles. The average molecular weight is 169 g/mol. The van der Waals surface area contributed by atoms with Crippen LogP contribution < -0.4 is 4.74 Å². The zero-order valence-corrected chi connectivity index (χ0v) is 6.27. The second kappa shape index (κ2) is 3.18. The van der Waals surface area contributed by atoms with Gasteiger partial charge in [0.25, 0.3) is 0 Å². The number of hydrogen-bond acceptors (Lipinski definition) is 1. The van der Waals surface area contributed by atoms with Gasteiger partial charge in [0.15, 0.2) is 5.82 Å². The molecule has 0 bridgehead atoms. The van der Waals surface area contributed by atoms with Crippen molar-refractivity contribution in [1.29, 1.82) is 0 Å². The molecular formula is C8H5F2NO. The zero-order chi connectivity index (χ0) is 9.14. The summed E-state index contributed by atoms with van der Waals surface area (Å²) in [5.41, 5.74) is -0.0311. The maximum atomic E-state index is 12.5. The maximum Gasteiger partial charge on any atom is 0.231 e. The third kappa shape index (κ3) is 1.35. The van der Waals surface area contributed by atoms with Crippen molar-refractivity contribution in [3.05, 3.63) is 35.2 Å². The van der Waals surface area contributed by atoms with E-state index < -0.39 is 11.6 Å². The van der Waals surface area contributed by atoms with Gasteiger partial charge in [-0.1, -0.05) is 0 Å². The number of hydrogen-bond donors (Lipinski definition) is 0.